The van der Waals surface area contributed by atoms with E-state index in [2.05, 4.69) is 45.0 Å². The Balaban J connectivity index is 1.98. The van der Waals surface area contributed by atoms with Crippen LogP contribution in [0, 0.1) is 5.82 Å². The molecule has 0 radical (unpaired) electrons. The van der Waals surface area contributed by atoms with Gasteiger partial charge in [0.05, 0.1) is 0 Å². The van der Waals surface area contributed by atoms with E-state index >= 15 is 0 Å². The fourth-order valence-electron chi connectivity index (χ4n) is 1.57. The number of nitrogens with one attached hydrogen (secondary N) is 1. The molecule has 0 saturated carbocycles. The summed E-state index contributed by atoms with van der Waals surface area (Å²) in [5.41, 5.74) is 2.35. The first-order valence-electron chi connectivity index (χ1n) is 5.36. The molecule has 0 fully saturated rings. The summed E-state index contributed by atoms with van der Waals surface area (Å²) in [5.74, 6) is -0.216. The fraction of sp³-hybridized carbons (Fsp3) is 0.231. The van der Waals surface area contributed by atoms with E-state index in [9.17, 15) is 4.39 Å². The Hall–Kier alpha value is -0.710. The van der Waals surface area contributed by atoms with E-state index in [1.165, 1.54) is 17.7 Å². The van der Waals surface area contributed by atoms with E-state index < -0.39 is 0 Å². The van der Waals surface area contributed by atoms with Crippen molar-refractivity contribution in [2.24, 2.45) is 0 Å². The third kappa shape index (κ3) is 3.37. The normalized spacial score (nSPS) is 12.6. The van der Waals surface area contributed by atoms with Gasteiger partial charge in [-0.1, -0.05) is 22.0 Å². The molecule has 1 aromatic heterocycles. The van der Waals surface area contributed by atoms with Crippen molar-refractivity contribution in [2.45, 2.75) is 19.5 Å². The molecule has 1 aromatic carbocycles. The van der Waals surface area contributed by atoms with Gasteiger partial charge in [0.2, 0.25) is 0 Å². The van der Waals surface area contributed by atoms with E-state index in [1.807, 2.05) is 0 Å². The minimum absolute atomic E-state index is 0.216. The molecule has 1 atom stereocenters. The maximum atomic E-state index is 12.9. The zero-order valence-corrected chi connectivity index (χ0v) is 11.8. The Bertz CT molecular complexity index is 484. The monoisotopic (exact) mass is 313 g/mol. The first-order chi connectivity index (χ1) is 8.16. The summed E-state index contributed by atoms with van der Waals surface area (Å²) in [6.07, 6.45) is 0. The molecule has 0 spiro atoms. The van der Waals surface area contributed by atoms with Crippen LogP contribution >= 0.6 is 27.3 Å². The zero-order valence-electron chi connectivity index (χ0n) is 9.41. The summed E-state index contributed by atoms with van der Waals surface area (Å²) >= 11 is 5.06. The van der Waals surface area contributed by atoms with Crippen LogP contribution in [0.15, 0.2) is 39.5 Å². The Kier molecular flexibility index (Phi) is 4.31. The van der Waals surface area contributed by atoms with Crippen molar-refractivity contribution in [2.75, 3.05) is 0 Å². The Morgan fingerprint density at radius 1 is 1.41 bits per heavy atom. The second-order valence-electron chi connectivity index (χ2n) is 3.90. The molecule has 0 aliphatic rings. The van der Waals surface area contributed by atoms with Crippen LogP contribution in [0.1, 0.15) is 24.1 Å². The molecule has 0 bridgehead atoms. The van der Waals surface area contributed by atoms with Gasteiger partial charge in [-0.05, 0) is 47.0 Å². The summed E-state index contributed by atoms with van der Waals surface area (Å²) in [5, 5.41) is 7.62. The predicted molar refractivity (Wildman–Crippen MR) is 73.7 cm³/mol. The lowest BCUT2D eigenvalue weighted by Gasteiger charge is -2.13. The second kappa shape index (κ2) is 5.76. The molecule has 2 rings (SSSR count). The van der Waals surface area contributed by atoms with Crippen molar-refractivity contribution in [1.29, 1.82) is 0 Å². The van der Waals surface area contributed by atoms with Crippen LogP contribution < -0.4 is 5.32 Å². The van der Waals surface area contributed by atoms with Crippen LogP contribution in [0.25, 0.3) is 0 Å². The highest BCUT2D eigenvalue weighted by Crippen LogP contribution is 2.20. The van der Waals surface area contributed by atoms with Gasteiger partial charge in [0, 0.05) is 17.1 Å². The highest BCUT2D eigenvalue weighted by molar-refractivity contribution is 9.10. The fourth-order valence-corrected chi connectivity index (χ4v) is 2.81. The van der Waals surface area contributed by atoms with E-state index in [-0.39, 0.29) is 5.82 Å². The molecule has 0 aliphatic carbocycles. The molecule has 2 aromatic rings. The van der Waals surface area contributed by atoms with Crippen LogP contribution in [-0.2, 0) is 6.54 Å². The number of hydrogen-bond donors (Lipinski definition) is 1. The molecule has 1 N–H and O–H groups in total. The van der Waals surface area contributed by atoms with Crippen LogP contribution in [0.2, 0.25) is 0 Å². The van der Waals surface area contributed by atoms with Crippen LogP contribution in [0.5, 0.6) is 0 Å². The van der Waals surface area contributed by atoms with E-state index in [4.69, 9.17) is 0 Å². The van der Waals surface area contributed by atoms with E-state index in [0.29, 0.717) is 6.04 Å². The summed E-state index contributed by atoms with van der Waals surface area (Å²) in [6.45, 7) is 2.84. The van der Waals surface area contributed by atoms with Gasteiger partial charge >= 0.3 is 0 Å². The molecule has 1 unspecified atom stereocenters. The second-order valence-corrected chi connectivity index (χ2v) is 5.53. The van der Waals surface area contributed by atoms with Gasteiger partial charge in [-0.3, -0.25) is 0 Å². The highest BCUT2D eigenvalue weighted by Gasteiger charge is 2.06. The molecule has 1 heterocycles. The molecule has 0 amide bonds. The minimum Gasteiger partial charge on any atom is -0.306 e. The van der Waals surface area contributed by atoms with Gasteiger partial charge in [0.15, 0.2) is 0 Å². The van der Waals surface area contributed by atoms with Crippen LogP contribution in [-0.4, -0.2) is 0 Å². The first-order valence-corrected chi connectivity index (χ1v) is 7.10. The van der Waals surface area contributed by atoms with Crippen molar-refractivity contribution in [3.63, 3.8) is 0 Å². The maximum absolute atomic E-state index is 12.9. The maximum Gasteiger partial charge on any atom is 0.124 e. The molecule has 4 heteroatoms. The zero-order chi connectivity index (χ0) is 12.3. The Morgan fingerprint density at radius 3 is 2.88 bits per heavy atom. The highest BCUT2D eigenvalue weighted by atomic mass is 79.9. The summed E-state index contributed by atoms with van der Waals surface area (Å²) in [4.78, 5) is 0. The number of benzene rings is 1. The summed E-state index contributed by atoms with van der Waals surface area (Å²) in [6, 6.07) is 7.19. The van der Waals surface area contributed by atoms with Crippen molar-refractivity contribution >= 4 is 27.3 Å². The topological polar surface area (TPSA) is 12.0 Å². The van der Waals surface area contributed by atoms with Gasteiger partial charge < -0.3 is 5.32 Å². The molecule has 1 nitrogen and oxygen atoms in total. The number of hydrogen-bond acceptors (Lipinski definition) is 2. The van der Waals surface area contributed by atoms with Gasteiger partial charge in [0.1, 0.15) is 5.82 Å². The molecule has 90 valence electrons. The SMILES string of the molecule is CC(NCc1ccc(F)cc1Br)c1ccsc1. The average Bonchev–Trinajstić information content (AvgIpc) is 2.81. The van der Waals surface area contributed by atoms with Gasteiger partial charge in [-0.15, -0.1) is 0 Å². The average molecular weight is 314 g/mol. The number of halogens is 2. The minimum atomic E-state index is -0.216. The standard InChI is InChI=1S/C13H13BrFNS/c1-9(11-4-5-17-8-11)16-7-10-2-3-12(15)6-13(10)14/h2-6,8-9,16H,7H2,1H3. The van der Waals surface area contributed by atoms with Crippen molar-refractivity contribution in [1.82, 2.24) is 5.32 Å². The predicted octanol–water partition coefficient (Wildman–Crippen LogP) is 4.50. The van der Waals surface area contributed by atoms with Crippen molar-refractivity contribution in [3.05, 3.63) is 56.4 Å². The van der Waals surface area contributed by atoms with E-state index in [1.54, 1.807) is 17.4 Å². The Labute approximate surface area is 113 Å². The van der Waals surface area contributed by atoms with Crippen molar-refractivity contribution in [3.8, 4) is 0 Å². The van der Waals surface area contributed by atoms with E-state index in [0.717, 1.165) is 16.6 Å². The lowest BCUT2D eigenvalue weighted by atomic mass is 10.1. The van der Waals surface area contributed by atoms with Crippen LogP contribution in [0.4, 0.5) is 4.39 Å². The third-order valence-electron chi connectivity index (χ3n) is 2.66. The largest absolute Gasteiger partial charge is 0.306 e. The van der Waals surface area contributed by atoms with Gasteiger partial charge in [0.25, 0.3) is 0 Å². The quantitative estimate of drug-likeness (QED) is 0.876. The van der Waals surface area contributed by atoms with Crippen LogP contribution in [0.3, 0.4) is 0 Å². The van der Waals surface area contributed by atoms with Gasteiger partial charge in [-0.25, -0.2) is 4.39 Å². The molecule has 0 aliphatic heterocycles. The third-order valence-corrected chi connectivity index (χ3v) is 4.10. The lowest BCUT2D eigenvalue weighted by molar-refractivity contribution is 0.573. The molecule has 0 saturated heterocycles. The number of thiophene rings is 1. The van der Waals surface area contributed by atoms with Gasteiger partial charge in [-0.2, -0.15) is 11.3 Å². The molecular weight excluding hydrogens is 301 g/mol. The molecule has 17 heavy (non-hydrogen) atoms. The summed E-state index contributed by atoms with van der Waals surface area (Å²) < 4.78 is 13.7. The number of rotatable bonds is 4. The summed E-state index contributed by atoms with van der Waals surface area (Å²) in [7, 11) is 0. The molecular formula is C13H13BrFNS. The smallest absolute Gasteiger partial charge is 0.124 e. The first kappa shape index (κ1) is 12.7. The lowest BCUT2D eigenvalue weighted by Crippen LogP contribution is -2.17. The Morgan fingerprint density at radius 2 is 2.24 bits per heavy atom. The van der Waals surface area contributed by atoms with Crippen molar-refractivity contribution < 1.29 is 4.39 Å².